The van der Waals surface area contributed by atoms with E-state index in [0.29, 0.717) is 16.6 Å². The number of rotatable bonds is 3. The Labute approximate surface area is 123 Å². The number of hydrogen-bond donors (Lipinski definition) is 1. The van der Waals surface area contributed by atoms with Gasteiger partial charge < -0.3 is 5.11 Å². The molecule has 0 saturated carbocycles. The van der Waals surface area contributed by atoms with E-state index in [1.54, 1.807) is 6.07 Å². The van der Waals surface area contributed by atoms with Gasteiger partial charge in [-0.25, -0.2) is 0 Å². The zero-order valence-corrected chi connectivity index (χ0v) is 12.3. The Bertz CT molecular complexity index is 479. The summed E-state index contributed by atoms with van der Waals surface area (Å²) in [5.74, 6) is -0.983. The van der Waals surface area contributed by atoms with E-state index in [0.717, 1.165) is 24.9 Å². The van der Waals surface area contributed by atoms with Crippen LogP contribution in [0.3, 0.4) is 0 Å². The van der Waals surface area contributed by atoms with Crippen molar-refractivity contribution in [3.63, 3.8) is 0 Å². The number of nitrogens with zero attached hydrogens (tertiary/aromatic N) is 1. The molecule has 2 rings (SSSR count). The van der Waals surface area contributed by atoms with Crippen LogP contribution in [0.1, 0.15) is 25.3 Å². The standard InChI is InChI=1S/C14H17Cl2NO2/c1-9-11(14(18)19)3-2-6-17(9)8-10-4-5-12(15)13(16)7-10/h4-5,7,9,11H,2-3,6,8H2,1H3,(H,18,19)/t9-,11-/m1/s1. The molecular formula is C14H17Cl2NO2. The van der Waals surface area contributed by atoms with E-state index in [2.05, 4.69) is 4.90 Å². The van der Waals surface area contributed by atoms with Crippen LogP contribution in [0.5, 0.6) is 0 Å². The van der Waals surface area contributed by atoms with Crippen LogP contribution < -0.4 is 0 Å². The summed E-state index contributed by atoms with van der Waals surface area (Å²) in [5.41, 5.74) is 1.06. The quantitative estimate of drug-likeness (QED) is 0.926. The molecule has 0 unspecified atom stereocenters. The predicted molar refractivity (Wildman–Crippen MR) is 76.7 cm³/mol. The van der Waals surface area contributed by atoms with E-state index in [1.165, 1.54) is 0 Å². The molecule has 0 radical (unpaired) electrons. The summed E-state index contributed by atoms with van der Waals surface area (Å²) in [5, 5.41) is 10.3. The van der Waals surface area contributed by atoms with Crippen molar-refractivity contribution in [2.75, 3.05) is 6.54 Å². The van der Waals surface area contributed by atoms with Crippen molar-refractivity contribution in [1.29, 1.82) is 0 Å². The minimum atomic E-state index is -0.702. The molecule has 1 fully saturated rings. The van der Waals surface area contributed by atoms with Crippen LogP contribution in [-0.2, 0) is 11.3 Å². The number of carboxylic acid groups (broad SMARTS) is 1. The first-order chi connectivity index (χ1) is 8.99. The molecule has 1 heterocycles. The Morgan fingerprint density at radius 1 is 1.42 bits per heavy atom. The lowest BCUT2D eigenvalue weighted by molar-refractivity contribution is -0.145. The van der Waals surface area contributed by atoms with Crippen LogP contribution in [0.25, 0.3) is 0 Å². The molecule has 1 aliphatic rings. The van der Waals surface area contributed by atoms with Crippen molar-refractivity contribution in [3.8, 4) is 0 Å². The second-order valence-electron chi connectivity index (χ2n) is 5.05. The van der Waals surface area contributed by atoms with Crippen molar-refractivity contribution in [1.82, 2.24) is 4.90 Å². The van der Waals surface area contributed by atoms with Gasteiger partial charge in [0.25, 0.3) is 0 Å². The van der Waals surface area contributed by atoms with Gasteiger partial charge in [0.2, 0.25) is 0 Å². The smallest absolute Gasteiger partial charge is 0.308 e. The summed E-state index contributed by atoms with van der Waals surface area (Å²) in [6.45, 7) is 3.61. The van der Waals surface area contributed by atoms with Gasteiger partial charge in [0.05, 0.1) is 16.0 Å². The Morgan fingerprint density at radius 2 is 2.16 bits per heavy atom. The third-order valence-electron chi connectivity index (χ3n) is 3.81. The molecule has 0 aliphatic carbocycles. The van der Waals surface area contributed by atoms with Gasteiger partial charge in [-0.3, -0.25) is 9.69 Å². The number of hydrogen-bond acceptors (Lipinski definition) is 2. The van der Waals surface area contributed by atoms with Gasteiger partial charge in [-0.2, -0.15) is 0 Å². The summed E-state index contributed by atoms with van der Waals surface area (Å²) in [7, 11) is 0. The average Bonchev–Trinajstić information content (AvgIpc) is 2.36. The normalized spacial score (nSPS) is 24.4. The number of carbonyl (C=O) groups is 1. The Hall–Kier alpha value is -0.770. The molecule has 1 aliphatic heterocycles. The lowest BCUT2D eigenvalue weighted by Gasteiger charge is -2.37. The first-order valence-corrected chi connectivity index (χ1v) is 7.15. The maximum Gasteiger partial charge on any atom is 0.308 e. The molecule has 1 aromatic rings. The molecular weight excluding hydrogens is 285 g/mol. The highest BCUT2D eigenvalue weighted by molar-refractivity contribution is 6.42. The van der Waals surface area contributed by atoms with Crippen molar-refractivity contribution in [2.45, 2.75) is 32.4 Å². The van der Waals surface area contributed by atoms with Gasteiger partial charge >= 0.3 is 5.97 Å². The van der Waals surface area contributed by atoms with Crippen LogP contribution in [0.15, 0.2) is 18.2 Å². The number of likely N-dealkylation sites (tertiary alicyclic amines) is 1. The second kappa shape index (κ2) is 6.12. The third kappa shape index (κ3) is 3.41. The zero-order valence-electron chi connectivity index (χ0n) is 10.8. The van der Waals surface area contributed by atoms with E-state index in [-0.39, 0.29) is 12.0 Å². The van der Waals surface area contributed by atoms with Crippen molar-refractivity contribution < 1.29 is 9.90 Å². The van der Waals surface area contributed by atoms with Crippen LogP contribution in [-0.4, -0.2) is 28.6 Å². The summed E-state index contributed by atoms with van der Waals surface area (Å²) in [4.78, 5) is 13.4. The number of halogens is 2. The Balaban J connectivity index is 2.09. The number of aliphatic carboxylic acids is 1. The molecule has 0 amide bonds. The average molecular weight is 302 g/mol. The van der Waals surface area contributed by atoms with E-state index in [9.17, 15) is 9.90 Å². The van der Waals surface area contributed by atoms with Gasteiger partial charge in [0.15, 0.2) is 0 Å². The summed E-state index contributed by atoms with van der Waals surface area (Å²) in [6, 6.07) is 5.61. The highest BCUT2D eigenvalue weighted by atomic mass is 35.5. The van der Waals surface area contributed by atoms with Crippen molar-refractivity contribution >= 4 is 29.2 Å². The van der Waals surface area contributed by atoms with Gasteiger partial charge in [-0.15, -0.1) is 0 Å². The number of piperidine rings is 1. The van der Waals surface area contributed by atoms with E-state index in [4.69, 9.17) is 23.2 Å². The monoisotopic (exact) mass is 301 g/mol. The molecule has 19 heavy (non-hydrogen) atoms. The highest BCUT2D eigenvalue weighted by Gasteiger charge is 2.32. The molecule has 3 nitrogen and oxygen atoms in total. The number of benzene rings is 1. The lowest BCUT2D eigenvalue weighted by Crippen LogP contribution is -2.45. The van der Waals surface area contributed by atoms with E-state index in [1.807, 2.05) is 19.1 Å². The predicted octanol–water partition coefficient (Wildman–Crippen LogP) is 3.68. The second-order valence-corrected chi connectivity index (χ2v) is 5.86. The van der Waals surface area contributed by atoms with Crippen LogP contribution >= 0.6 is 23.2 Å². The molecule has 2 atom stereocenters. The van der Waals surface area contributed by atoms with E-state index < -0.39 is 5.97 Å². The zero-order chi connectivity index (χ0) is 14.0. The largest absolute Gasteiger partial charge is 0.481 e. The summed E-state index contributed by atoms with van der Waals surface area (Å²) >= 11 is 11.9. The molecule has 1 saturated heterocycles. The van der Waals surface area contributed by atoms with Gasteiger partial charge in [0.1, 0.15) is 0 Å². The van der Waals surface area contributed by atoms with Gasteiger partial charge in [-0.1, -0.05) is 29.3 Å². The first kappa shape index (κ1) is 14.6. The molecule has 5 heteroatoms. The fourth-order valence-electron chi connectivity index (χ4n) is 2.64. The number of carboxylic acids is 1. The van der Waals surface area contributed by atoms with Crippen molar-refractivity contribution in [2.24, 2.45) is 5.92 Å². The fraction of sp³-hybridized carbons (Fsp3) is 0.500. The minimum absolute atomic E-state index is 0.0423. The van der Waals surface area contributed by atoms with Crippen molar-refractivity contribution in [3.05, 3.63) is 33.8 Å². The minimum Gasteiger partial charge on any atom is -0.481 e. The maximum atomic E-state index is 11.2. The molecule has 1 aromatic carbocycles. The molecule has 104 valence electrons. The third-order valence-corrected chi connectivity index (χ3v) is 4.54. The van der Waals surface area contributed by atoms with Crippen LogP contribution in [0.2, 0.25) is 10.0 Å². The summed E-state index contributed by atoms with van der Waals surface area (Å²) < 4.78 is 0. The first-order valence-electron chi connectivity index (χ1n) is 6.40. The van der Waals surface area contributed by atoms with E-state index >= 15 is 0 Å². The Morgan fingerprint density at radius 3 is 2.79 bits per heavy atom. The molecule has 0 spiro atoms. The van der Waals surface area contributed by atoms with Crippen LogP contribution in [0, 0.1) is 5.92 Å². The molecule has 1 N–H and O–H groups in total. The lowest BCUT2D eigenvalue weighted by atomic mass is 9.90. The summed E-state index contributed by atoms with van der Waals surface area (Å²) in [6.07, 6.45) is 1.68. The molecule has 0 bridgehead atoms. The van der Waals surface area contributed by atoms with Crippen LogP contribution in [0.4, 0.5) is 0 Å². The topological polar surface area (TPSA) is 40.5 Å². The fourth-order valence-corrected chi connectivity index (χ4v) is 2.96. The van der Waals surface area contributed by atoms with Gasteiger partial charge in [-0.05, 0) is 44.0 Å². The van der Waals surface area contributed by atoms with Gasteiger partial charge in [0, 0.05) is 12.6 Å². The Kier molecular flexibility index (Phi) is 4.71. The maximum absolute atomic E-state index is 11.2. The highest BCUT2D eigenvalue weighted by Crippen LogP contribution is 2.27. The molecule has 0 aromatic heterocycles. The SMILES string of the molecule is C[C@@H]1[C@H](C(=O)O)CCCN1Cc1ccc(Cl)c(Cl)c1.